The molecule has 0 amide bonds. The van der Waals surface area contributed by atoms with Crippen molar-refractivity contribution in [3.8, 4) is 0 Å². The molecule has 2 aromatic carbocycles. The third kappa shape index (κ3) is 5.99. The molecule has 0 spiro atoms. The molecule has 0 aliphatic rings. The Morgan fingerprint density at radius 3 is 2.15 bits per heavy atom. The first-order valence-corrected chi connectivity index (χ1v) is 9.22. The fourth-order valence-electron chi connectivity index (χ4n) is 3.26. The van der Waals surface area contributed by atoms with Crippen LogP contribution in [0.2, 0.25) is 0 Å². The summed E-state index contributed by atoms with van der Waals surface area (Å²) < 4.78 is 5.53. The average Bonchev–Trinajstić information content (AvgIpc) is 2.51. The lowest BCUT2D eigenvalue weighted by Crippen LogP contribution is -2.29. The molecule has 3 nitrogen and oxygen atoms in total. The molecule has 140 valence electrons. The number of hydrogen-bond acceptors (Lipinski definition) is 3. The van der Waals surface area contributed by atoms with Gasteiger partial charge in [0.15, 0.2) is 0 Å². The van der Waals surface area contributed by atoms with Gasteiger partial charge in [-0.3, -0.25) is 4.79 Å². The Hall–Kier alpha value is -2.13. The number of rotatable bonds is 6. The van der Waals surface area contributed by atoms with Crippen molar-refractivity contribution in [3.05, 3.63) is 70.3 Å². The Kier molecular flexibility index (Phi) is 6.60. The zero-order chi connectivity index (χ0) is 19.3. The van der Waals surface area contributed by atoms with Crippen molar-refractivity contribution in [2.45, 2.75) is 66.2 Å². The highest BCUT2D eigenvalue weighted by molar-refractivity contribution is 5.71. The summed E-state index contributed by atoms with van der Waals surface area (Å²) in [5, 5.41) is 3.57. The molecule has 0 heterocycles. The Bertz CT molecular complexity index is 722. The second-order valence-corrected chi connectivity index (χ2v) is 8.01. The molecule has 0 aliphatic heterocycles. The van der Waals surface area contributed by atoms with Crippen molar-refractivity contribution >= 4 is 5.97 Å². The van der Waals surface area contributed by atoms with E-state index in [-0.39, 0.29) is 12.0 Å². The minimum Gasteiger partial charge on any atom is -0.460 e. The lowest BCUT2D eigenvalue weighted by atomic mass is 9.98. The van der Waals surface area contributed by atoms with Crippen molar-refractivity contribution in [2.24, 2.45) is 0 Å². The minimum absolute atomic E-state index is 0.0776. The number of benzene rings is 2. The van der Waals surface area contributed by atoms with Crippen LogP contribution >= 0.6 is 0 Å². The van der Waals surface area contributed by atoms with Gasteiger partial charge in [-0.05, 0) is 63.8 Å². The van der Waals surface area contributed by atoms with Crippen LogP contribution in [0.15, 0.2) is 42.5 Å². The fourth-order valence-corrected chi connectivity index (χ4v) is 3.26. The largest absolute Gasteiger partial charge is 0.460 e. The fraction of sp³-hybridized carbons (Fsp3) is 0.435. The lowest BCUT2D eigenvalue weighted by Gasteiger charge is -2.24. The van der Waals surface area contributed by atoms with Gasteiger partial charge in [-0.1, -0.05) is 48.0 Å². The van der Waals surface area contributed by atoms with Gasteiger partial charge in [0.1, 0.15) is 5.60 Å². The number of aryl methyl sites for hydroxylation is 3. The van der Waals surface area contributed by atoms with Crippen LogP contribution in [0.5, 0.6) is 0 Å². The third-order valence-electron chi connectivity index (χ3n) is 4.36. The molecule has 0 aromatic heterocycles. The Balaban J connectivity index is 2.16. The van der Waals surface area contributed by atoms with Crippen molar-refractivity contribution in [1.82, 2.24) is 5.32 Å². The van der Waals surface area contributed by atoms with E-state index in [1.807, 2.05) is 39.0 Å². The van der Waals surface area contributed by atoms with E-state index in [9.17, 15) is 4.79 Å². The zero-order valence-electron chi connectivity index (χ0n) is 16.8. The summed E-state index contributed by atoms with van der Waals surface area (Å²) in [5.74, 6) is -0.184. The summed E-state index contributed by atoms with van der Waals surface area (Å²) in [6.45, 7) is 12.8. The third-order valence-corrected chi connectivity index (χ3v) is 4.36. The van der Waals surface area contributed by atoms with Crippen LogP contribution in [0, 0.1) is 20.8 Å². The van der Waals surface area contributed by atoms with Gasteiger partial charge in [-0.15, -0.1) is 0 Å². The number of esters is 1. The highest BCUT2D eigenvalue weighted by Gasteiger charge is 2.21. The van der Waals surface area contributed by atoms with E-state index in [2.05, 4.69) is 50.4 Å². The predicted molar refractivity (Wildman–Crippen MR) is 107 cm³/mol. The van der Waals surface area contributed by atoms with E-state index in [4.69, 9.17) is 4.74 Å². The summed E-state index contributed by atoms with van der Waals surface area (Å²) >= 11 is 0. The maximum atomic E-state index is 12.4. The molecule has 0 fully saturated rings. The van der Waals surface area contributed by atoms with Gasteiger partial charge < -0.3 is 10.1 Å². The molecule has 0 saturated carbocycles. The van der Waals surface area contributed by atoms with Crippen LogP contribution in [0.4, 0.5) is 0 Å². The first-order valence-electron chi connectivity index (χ1n) is 9.22. The van der Waals surface area contributed by atoms with E-state index in [1.54, 1.807) is 0 Å². The van der Waals surface area contributed by atoms with E-state index >= 15 is 0 Å². The highest BCUT2D eigenvalue weighted by atomic mass is 16.6. The molecule has 0 saturated heterocycles. The second-order valence-electron chi connectivity index (χ2n) is 8.01. The maximum absolute atomic E-state index is 12.4. The van der Waals surface area contributed by atoms with Crippen molar-refractivity contribution in [2.75, 3.05) is 0 Å². The van der Waals surface area contributed by atoms with Gasteiger partial charge >= 0.3 is 5.97 Å². The van der Waals surface area contributed by atoms with Crippen molar-refractivity contribution in [1.29, 1.82) is 0 Å². The van der Waals surface area contributed by atoms with Crippen LogP contribution in [-0.2, 0) is 16.1 Å². The molecular formula is C23H31NO2. The molecule has 1 atom stereocenters. The topological polar surface area (TPSA) is 38.3 Å². The first kappa shape index (κ1) is 20.2. The van der Waals surface area contributed by atoms with Crippen LogP contribution in [0.1, 0.15) is 61.1 Å². The molecule has 0 radical (unpaired) electrons. The summed E-state index contributed by atoms with van der Waals surface area (Å²) in [4.78, 5) is 12.4. The standard InChI is InChI=1S/C23H31NO2/c1-16-12-17(2)20(18(3)13-16)15-24-21(19-10-8-7-9-11-19)14-22(25)26-23(4,5)6/h7-13,21,24H,14-15H2,1-6H3/t21-/m1/s1. The van der Waals surface area contributed by atoms with E-state index in [1.165, 1.54) is 22.3 Å². The highest BCUT2D eigenvalue weighted by Crippen LogP contribution is 2.22. The van der Waals surface area contributed by atoms with Gasteiger partial charge in [0.2, 0.25) is 0 Å². The summed E-state index contributed by atoms with van der Waals surface area (Å²) in [6.07, 6.45) is 0.311. The van der Waals surface area contributed by atoms with Gasteiger partial charge in [-0.2, -0.15) is 0 Å². The van der Waals surface area contributed by atoms with Gasteiger partial charge in [-0.25, -0.2) is 0 Å². The van der Waals surface area contributed by atoms with Crippen LogP contribution in [-0.4, -0.2) is 11.6 Å². The number of carbonyl (C=O) groups excluding carboxylic acids is 1. The average molecular weight is 354 g/mol. The van der Waals surface area contributed by atoms with Gasteiger partial charge in [0.25, 0.3) is 0 Å². The van der Waals surface area contributed by atoms with E-state index in [0.717, 1.165) is 12.1 Å². The number of nitrogens with one attached hydrogen (secondary N) is 1. The number of carbonyl (C=O) groups is 1. The molecular weight excluding hydrogens is 322 g/mol. The molecule has 0 unspecified atom stereocenters. The predicted octanol–water partition coefficient (Wildman–Crippen LogP) is 5.17. The summed E-state index contributed by atoms with van der Waals surface area (Å²) in [6, 6.07) is 14.4. The monoisotopic (exact) mass is 353 g/mol. The smallest absolute Gasteiger partial charge is 0.308 e. The second kappa shape index (κ2) is 8.50. The van der Waals surface area contributed by atoms with Crippen LogP contribution < -0.4 is 5.32 Å². The summed E-state index contributed by atoms with van der Waals surface area (Å²) in [5.41, 5.74) is 5.75. The molecule has 0 aliphatic carbocycles. The molecule has 0 bridgehead atoms. The molecule has 2 rings (SSSR count). The van der Waals surface area contributed by atoms with Crippen molar-refractivity contribution in [3.63, 3.8) is 0 Å². The Morgan fingerprint density at radius 1 is 1.04 bits per heavy atom. The van der Waals surface area contributed by atoms with E-state index < -0.39 is 5.60 Å². The zero-order valence-corrected chi connectivity index (χ0v) is 16.8. The van der Waals surface area contributed by atoms with E-state index in [0.29, 0.717) is 6.42 Å². The molecule has 26 heavy (non-hydrogen) atoms. The Labute approximate surface area is 157 Å². The molecule has 2 aromatic rings. The Morgan fingerprint density at radius 2 is 1.62 bits per heavy atom. The van der Waals surface area contributed by atoms with Crippen LogP contribution in [0.25, 0.3) is 0 Å². The SMILES string of the molecule is Cc1cc(C)c(CN[C@H](CC(=O)OC(C)(C)C)c2ccccc2)c(C)c1. The number of ether oxygens (including phenoxy) is 1. The van der Waals surface area contributed by atoms with Crippen molar-refractivity contribution < 1.29 is 9.53 Å². The lowest BCUT2D eigenvalue weighted by molar-refractivity contribution is -0.155. The molecule has 3 heteroatoms. The van der Waals surface area contributed by atoms with Gasteiger partial charge in [0, 0.05) is 12.6 Å². The quantitative estimate of drug-likeness (QED) is 0.728. The number of hydrogen-bond donors (Lipinski definition) is 1. The molecule has 1 N–H and O–H groups in total. The maximum Gasteiger partial charge on any atom is 0.308 e. The van der Waals surface area contributed by atoms with Gasteiger partial charge in [0.05, 0.1) is 6.42 Å². The minimum atomic E-state index is -0.470. The van der Waals surface area contributed by atoms with Crippen LogP contribution in [0.3, 0.4) is 0 Å². The first-order chi connectivity index (χ1) is 12.2. The normalized spacial score (nSPS) is 12.7. The summed E-state index contributed by atoms with van der Waals surface area (Å²) in [7, 11) is 0.